The lowest BCUT2D eigenvalue weighted by Crippen LogP contribution is -2.12. The molecule has 0 bridgehead atoms. The highest BCUT2D eigenvalue weighted by Gasteiger charge is 2.17. The quantitative estimate of drug-likeness (QED) is 0.647. The first-order chi connectivity index (χ1) is 11.9. The molecule has 25 heavy (non-hydrogen) atoms. The van der Waals surface area contributed by atoms with Crippen molar-refractivity contribution in [3.8, 4) is 0 Å². The van der Waals surface area contributed by atoms with Gasteiger partial charge in [-0.25, -0.2) is 15.3 Å². The lowest BCUT2D eigenvalue weighted by atomic mass is 10.2. The van der Waals surface area contributed by atoms with Crippen molar-refractivity contribution in [1.82, 2.24) is 9.97 Å². The molecule has 0 aliphatic heterocycles. The first kappa shape index (κ1) is 17.6. The van der Waals surface area contributed by atoms with Crippen LogP contribution in [0.5, 0.6) is 0 Å². The number of H-pyrrole nitrogens is 1. The van der Waals surface area contributed by atoms with Crippen LogP contribution in [0.15, 0.2) is 30.5 Å². The van der Waals surface area contributed by atoms with Crippen LogP contribution in [0.2, 0.25) is 10.2 Å². The van der Waals surface area contributed by atoms with Gasteiger partial charge < -0.3 is 5.32 Å². The summed E-state index contributed by atoms with van der Waals surface area (Å²) in [6.45, 7) is 3.64. The summed E-state index contributed by atoms with van der Waals surface area (Å²) >= 11 is 13.3. The zero-order chi connectivity index (χ0) is 18.0. The average molecular weight is 395 g/mol. The maximum atomic E-state index is 12.4. The molecule has 2 heterocycles. The van der Waals surface area contributed by atoms with Gasteiger partial charge in [0, 0.05) is 6.07 Å². The lowest BCUT2D eigenvalue weighted by molar-refractivity contribution is -0.354. The molecular weight excluding hydrogens is 381 g/mol. The maximum Gasteiger partial charge on any atom is 0.338 e. The molecule has 0 spiro atoms. The molecule has 3 rings (SSSR count). The van der Waals surface area contributed by atoms with Gasteiger partial charge in [0.1, 0.15) is 22.1 Å². The number of hydrogen-bond donors (Lipinski definition) is 2. The van der Waals surface area contributed by atoms with Crippen LogP contribution in [0.3, 0.4) is 0 Å². The zero-order valence-corrected chi connectivity index (χ0v) is 15.7. The molecule has 0 saturated heterocycles. The van der Waals surface area contributed by atoms with Gasteiger partial charge in [-0.05, 0) is 36.8 Å². The minimum Gasteiger partial charge on any atom is -0.320 e. The molecule has 0 unspecified atom stereocenters. The van der Waals surface area contributed by atoms with Crippen molar-refractivity contribution >= 4 is 57.1 Å². The highest BCUT2D eigenvalue weighted by atomic mass is 35.5. The smallest absolute Gasteiger partial charge is 0.320 e. The van der Waals surface area contributed by atoms with Gasteiger partial charge in [0.05, 0.1) is 10.7 Å². The van der Waals surface area contributed by atoms with Gasteiger partial charge in [-0.15, -0.1) is 0 Å². The topological polar surface area (TPSA) is 81.0 Å². The van der Waals surface area contributed by atoms with E-state index in [4.69, 9.17) is 23.2 Å². The summed E-state index contributed by atoms with van der Waals surface area (Å²) in [6.07, 6.45) is 1.62. The molecule has 0 aliphatic rings. The third-order valence-corrected chi connectivity index (χ3v) is 4.73. The van der Waals surface area contributed by atoms with Crippen LogP contribution in [0, 0.1) is 13.8 Å². The maximum absolute atomic E-state index is 12.4. The fourth-order valence-electron chi connectivity index (χ4n) is 2.15. The molecule has 1 aromatic carbocycles. The molecule has 0 fully saturated rings. The third-order valence-electron chi connectivity index (χ3n) is 3.28. The Morgan fingerprint density at radius 2 is 2.04 bits per heavy atom. The van der Waals surface area contributed by atoms with Crippen LogP contribution < -0.4 is 15.6 Å². The Morgan fingerprint density at radius 1 is 1.24 bits per heavy atom. The number of carbonyl (C=O) groups is 1. The molecule has 6 nitrogen and oxygen atoms in total. The Kier molecular flexibility index (Phi) is 5.17. The van der Waals surface area contributed by atoms with Crippen molar-refractivity contribution in [2.45, 2.75) is 13.8 Å². The van der Waals surface area contributed by atoms with Gasteiger partial charge in [0.2, 0.25) is 5.82 Å². The predicted octanol–water partition coefficient (Wildman–Crippen LogP) is 4.27. The Labute approximate surface area is 158 Å². The third kappa shape index (κ3) is 4.25. The normalized spacial score (nSPS) is 10.6. The molecule has 128 valence electrons. The first-order valence-electron chi connectivity index (χ1n) is 7.28. The molecular formula is C16H14Cl2N5OS+. The van der Waals surface area contributed by atoms with Crippen molar-refractivity contribution < 1.29 is 9.78 Å². The second kappa shape index (κ2) is 7.35. The van der Waals surface area contributed by atoms with E-state index in [1.165, 1.54) is 11.3 Å². The second-order valence-corrected chi connectivity index (χ2v) is 7.06. The number of halogens is 2. The van der Waals surface area contributed by atoms with Crippen LogP contribution in [0.4, 0.5) is 16.6 Å². The fraction of sp³-hybridized carbons (Fsp3) is 0.125. The van der Waals surface area contributed by atoms with E-state index < -0.39 is 0 Å². The highest BCUT2D eigenvalue weighted by Crippen LogP contribution is 2.27. The number of hydrogen-bond acceptors (Lipinski definition) is 5. The Bertz CT molecular complexity index is 904. The molecule has 0 atom stereocenters. The van der Waals surface area contributed by atoms with Crippen LogP contribution >= 0.6 is 34.5 Å². The number of carbonyl (C=O) groups excluding carboxylic acids is 1. The molecule has 9 heteroatoms. The fourth-order valence-corrected chi connectivity index (χ4v) is 3.40. The largest absolute Gasteiger partial charge is 0.338 e. The minimum absolute atomic E-state index is 0.248. The summed E-state index contributed by atoms with van der Waals surface area (Å²) in [5.41, 5.74) is 1.50. The van der Waals surface area contributed by atoms with E-state index in [1.54, 1.807) is 25.3 Å². The average Bonchev–Trinajstić information content (AvgIpc) is 2.98. The van der Waals surface area contributed by atoms with Crippen molar-refractivity contribution in [3.63, 3.8) is 0 Å². The van der Waals surface area contributed by atoms with Crippen molar-refractivity contribution in [2.75, 3.05) is 10.6 Å². The highest BCUT2D eigenvalue weighted by molar-refractivity contribution is 7.17. The van der Waals surface area contributed by atoms with E-state index in [9.17, 15) is 4.79 Å². The van der Waals surface area contributed by atoms with Crippen LogP contribution in [-0.2, 0) is 0 Å². The number of nitrogens with one attached hydrogen (secondary N) is 3. The Hall–Kier alpha value is -2.22. The summed E-state index contributed by atoms with van der Waals surface area (Å²) in [6, 6.07) is 7.06. The number of thiazole rings is 1. The number of aromatic nitrogens is 3. The van der Waals surface area contributed by atoms with Gasteiger partial charge in [-0.3, -0.25) is 4.79 Å². The van der Waals surface area contributed by atoms with E-state index >= 15 is 0 Å². The summed E-state index contributed by atoms with van der Waals surface area (Å²) in [4.78, 5) is 24.2. The molecule has 3 N–H and O–H groups in total. The summed E-state index contributed by atoms with van der Waals surface area (Å²) in [5, 5.41) is 7.40. The first-order valence-corrected chi connectivity index (χ1v) is 8.86. The number of para-hydroxylation sites is 1. The standard InChI is InChI=1S/C16H13Cl2N5OS/c1-8-4-3-5-10(17)14(8)23-15(24)11-7-19-16(25-11)22-13-6-12(18)20-9(2)21-13/h3-7H,1-2H3,(H,23,24)(H,19,20,21,22)/p+1. The number of rotatable bonds is 4. The number of aromatic amines is 1. The molecule has 0 saturated carbocycles. The van der Waals surface area contributed by atoms with Gasteiger partial charge in [0.15, 0.2) is 0 Å². The number of nitrogens with zero attached hydrogens (tertiary/aromatic N) is 2. The van der Waals surface area contributed by atoms with Crippen LogP contribution in [0.1, 0.15) is 21.1 Å². The SMILES string of the molecule is Cc1nc(Cl)cc(Nc2[nH+]cc(C(=O)Nc3c(C)cccc3Cl)s2)n1. The van der Waals surface area contributed by atoms with Crippen LogP contribution in [0.25, 0.3) is 0 Å². The number of benzene rings is 1. The van der Waals surface area contributed by atoms with E-state index in [0.29, 0.717) is 37.5 Å². The minimum atomic E-state index is -0.248. The summed E-state index contributed by atoms with van der Waals surface area (Å²) in [7, 11) is 0. The van der Waals surface area contributed by atoms with Crippen LogP contribution in [-0.4, -0.2) is 15.9 Å². The van der Waals surface area contributed by atoms with Gasteiger partial charge in [-0.2, -0.15) is 4.98 Å². The van der Waals surface area contributed by atoms with E-state index in [0.717, 1.165) is 5.56 Å². The molecule has 2 aromatic heterocycles. The van der Waals surface area contributed by atoms with Gasteiger partial charge in [-0.1, -0.05) is 35.3 Å². The number of amides is 1. The van der Waals surface area contributed by atoms with Gasteiger partial charge >= 0.3 is 5.13 Å². The van der Waals surface area contributed by atoms with E-state index in [1.807, 2.05) is 19.1 Å². The van der Waals surface area contributed by atoms with E-state index in [-0.39, 0.29) is 5.91 Å². The number of anilines is 3. The lowest BCUT2D eigenvalue weighted by Gasteiger charge is -2.08. The number of aryl methyl sites for hydroxylation is 2. The molecule has 0 radical (unpaired) electrons. The Morgan fingerprint density at radius 3 is 2.76 bits per heavy atom. The predicted molar refractivity (Wildman–Crippen MR) is 100 cm³/mol. The van der Waals surface area contributed by atoms with Crippen molar-refractivity contribution in [2.24, 2.45) is 0 Å². The monoisotopic (exact) mass is 394 g/mol. The summed E-state index contributed by atoms with van der Waals surface area (Å²) in [5.74, 6) is 0.852. The molecule has 3 aromatic rings. The molecule has 0 aliphatic carbocycles. The van der Waals surface area contributed by atoms with E-state index in [2.05, 4.69) is 25.6 Å². The second-order valence-electron chi connectivity index (χ2n) is 5.22. The van der Waals surface area contributed by atoms with Gasteiger partial charge in [0.25, 0.3) is 5.91 Å². The zero-order valence-electron chi connectivity index (χ0n) is 13.4. The summed E-state index contributed by atoms with van der Waals surface area (Å²) < 4.78 is 0. The van der Waals surface area contributed by atoms with Crippen molar-refractivity contribution in [3.05, 3.63) is 56.9 Å². The molecule has 1 amide bonds. The Balaban J connectivity index is 1.75. The van der Waals surface area contributed by atoms with Crippen molar-refractivity contribution in [1.29, 1.82) is 0 Å².